The highest BCUT2D eigenvalue weighted by Gasteiger charge is 2.18. The Labute approximate surface area is 69.0 Å². The van der Waals surface area contributed by atoms with Crippen molar-refractivity contribution in [3.8, 4) is 0 Å². The van der Waals surface area contributed by atoms with Gasteiger partial charge in [-0.15, -0.1) is 0 Å². The molecule has 11 heavy (non-hydrogen) atoms. The molecule has 0 bridgehead atoms. The zero-order valence-corrected chi connectivity index (χ0v) is 8.22. The van der Waals surface area contributed by atoms with Crippen LogP contribution in [0.1, 0.15) is 6.92 Å². The van der Waals surface area contributed by atoms with Crippen molar-refractivity contribution < 1.29 is 8.42 Å². The first-order valence-electron chi connectivity index (χ1n) is 3.34. The first-order valence-corrected chi connectivity index (χ1v) is 4.74. The lowest BCUT2D eigenvalue weighted by molar-refractivity contribution is 0.432. The van der Waals surface area contributed by atoms with E-state index >= 15 is 0 Å². The normalized spacial score (nSPS) is 12.9. The molecular formula is C6H15N2O2S. The molecule has 0 N–H and O–H groups in total. The van der Waals surface area contributed by atoms with Gasteiger partial charge in [0, 0.05) is 27.7 Å². The zero-order chi connectivity index (χ0) is 9.07. The van der Waals surface area contributed by atoms with Crippen LogP contribution in [0, 0.1) is 6.42 Å². The van der Waals surface area contributed by atoms with E-state index in [9.17, 15) is 8.42 Å². The fraction of sp³-hybridized carbons (Fsp3) is 0.833. The van der Waals surface area contributed by atoms with Gasteiger partial charge in [-0.1, -0.05) is 6.92 Å². The summed E-state index contributed by atoms with van der Waals surface area (Å²) >= 11 is 0. The van der Waals surface area contributed by atoms with E-state index < -0.39 is 10.2 Å². The minimum atomic E-state index is -3.20. The molecule has 0 fully saturated rings. The average molecular weight is 179 g/mol. The maximum Gasteiger partial charge on any atom is 0.281 e. The number of nitrogens with zero attached hydrogens (tertiary/aromatic N) is 2. The van der Waals surface area contributed by atoms with Crippen LogP contribution in [0.2, 0.25) is 0 Å². The molecule has 0 heterocycles. The molecule has 67 valence electrons. The molecule has 0 aliphatic heterocycles. The van der Waals surface area contributed by atoms with E-state index in [2.05, 4.69) is 0 Å². The van der Waals surface area contributed by atoms with Gasteiger partial charge < -0.3 is 0 Å². The van der Waals surface area contributed by atoms with Crippen molar-refractivity contribution in [3.05, 3.63) is 6.42 Å². The Bertz CT molecular complexity index is 199. The van der Waals surface area contributed by atoms with Crippen LogP contribution in [0.4, 0.5) is 0 Å². The first kappa shape index (κ1) is 10.9. The van der Waals surface area contributed by atoms with E-state index in [4.69, 9.17) is 0 Å². The predicted octanol–water partition coefficient (Wildman–Crippen LogP) is -0.0512. The van der Waals surface area contributed by atoms with Crippen molar-refractivity contribution in [3.63, 3.8) is 0 Å². The van der Waals surface area contributed by atoms with Gasteiger partial charge in [-0.25, -0.2) is 0 Å². The van der Waals surface area contributed by atoms with E-state index in [1.807, 2.05) is 6.92 Å². The lowest BCUT2D eigenvalue weighted by Crippen LogP contribution is -2.37. The van der Waals surface area contributed by atoms with E-state index in [0.717, 1.165) is 0 Å². The SMILES string of the molecule is C[CH]CN(C)S(=O)(=O)N(C)C. The van der Waals surface area contributed by atoms with Gasteiger partial charge in [-0.3, -0.25) is 0 Å². The van der Waals surface area contributed by atoms with Crippen molar-refractivity contribution in [2.45, 2.75) is 6.92 Å². The topological polar surface area (TPSA) is 40.6 Å². The Morgan fingerprint density at radius 2 is 1.73 bits per heavy atom. The lowest BCUT2D eigenvalue weighted by Gasteiger charge is -2.20. The number of hydrogen-bond acceptors (Lipinski definition) is 2. The molecule has 0 aromatic heterocycles. The molecule has 1 radical (unpaired) electrons. The van der Waals surface area contributed by atoms with E-state index in [1.54, 1.807) is 13.5 Å². The smallest absolute Gasteiger partial charge is 0.195 e. The third kappa shape index (κ3) is 2.76. The summed E-state index contributed by atoms with van der Waals surface area (Å²) in [6.07, 6.45) is 1.79. The Morgan fingerprint density at radius 1 is 1.27 bits per heavy atom. The molecular weight excluding hydrogens is 164 g/mol. The summed E-state index contributed by atoms with van der Waals surface area (Å²) in [5.74, 6) is 0. The van der Waals surface area contributed by atoms with Crippen LogP contribution in [0.3, 0.4) is 0 Å². The average Bonchev–Trinajstić information content (AvgIpc) is 1.88. The van der Waals surface area contributed by atoms with Crippen molar-refractivity contribution in [1.82, 2.24) is 8.61 Å². The van der Waals surface area contributed by atoms with E-state index in [1.165, 1.54) is 22.7 Å². The second-order valence-corrected chi connectivity index (χ2v) is 4.73. The molecule has 0 unspecified atom stereocenters. The van der Waals surface area contributed by atoms with E-state index in [-0.39, 0.29) is 0 Å². The molecule has 0 saturated carbocycles. The molecule has 0 aliphatic rings. The summed E-state index contributed by atoms with van der Waals surface area (Å²) in [6.45, 7) is 2.27. The third-order valence-corrected chi connectivity index (χ3v) is 3.15. The van der Waals surface area contributed by atoms with Gasteiger partial charge in [-0.2, -0.15) is 17.0 Å². The Kier molecular flexibility index (Phi) is 3.99. The van der Waals surface area contributed by atoms with Gasteiger partial charge in [-0.05, 0) is 6.42 Å². The summed E-state index contributed by atoms with van der Waals surface area (Å²) in [4.78, 5) is 0. The maximum atomic E-state index is 11.3. The third-order valence-electron chi connectivity index (χ3n) is 1.29. The molecule has 0 aromatic carbocycles. The predicted molar refractivity (Wildman–Crippen MR) is 45.2 cm³/mol. The van der Waals surface area contributed by atoms with Crippen LogP contribution < -0.4 is 0 Å². The second-order valence-electron chi connectivity index (χ2n) is 2.48. The highest BCUT2D eigenvalue weighted by molar-refractivity contribution is 7.86. The van der Waals surface area contributed by atoms with Crippen LogP contribution in [0.15, 0.2) is 0 Å². The standard InChI is InChI=1S/C6H15N2O2S/c1-5-6-8(4)11(9,10)7(2)3/h5H,6H2,1-4H3. The van der Waals surface area contributed by atoms with Gasteiger partial charge in [0.05, 0.1) is 0 Å². The summed E-state index contributed by atoms with van der Waals surface area (Å²) in [5.41, 5.74) is 0. The Morgan fingerprint density at radius 3 is 2.00 bits per heavy atom. The Balaban J connectivity index is 4.32. The fourth-order valence-corrected chi connectivity index (χ4v) is 1.53. The molecule has 0 spiro atoms. The molecule has 0 aliphatic carbocycles. The fourth-order valence-electron chi connectivity index (χ4n) is 0.630. The van der Waals surface area contributed by atoms with Crippen LogP contribution in [-0.2, 0) is 10.2 Å². The van der Waals surface area contributed by atoms with Crippen LogP contribution in [0.25, 0.3) is 0 Å². The van der Waals surface area contributed by atoms with Crippen LogP contribution in [-0.4, -0.2) is 44.7 Å². The van der Waals surface area contributed by atoms with Gasteiger partial charge >= 0.3 is 0 Å². The van der Waals surface area contributed by atoms with Crippen LogP contribution >= 0.6 is 0 Å². The first-order chi connectivity index (χ1) is 4.92. The summed E-state index contributed by atoms with van der Waals surface area (Å²) < 4.78 is 25.0. The zero-order valence-electron chi connectivity index (χ0n) is 7.40. The van der Waals surface area contributed by atoms with Crippen LogP contribution in [0.5, 0.6) is 0 Å². The van der Waals surface area contributed by atoms with Gasteiger partial charge in [0.25, 0.3) is 10.2 Å². The van der Waals surface area contributed by atoms with Crippen molar-refractivity contribution in [2.75, 3.05) is 27.7 Å². The highest BCUT2D eigenvalue weighted by Crippen LogP contribution is 2.00. The van der Waals surface area contributed by atoms with Gasteiger partial charge in [0.1, 0.15) is 0 Å². The lowest BCUT2D eigenvalue weighted by atomic mass is 10.5. The molecule has 4 nitrogen and oxygen atoms in total. The summed E-state index contributed by atoms with van der Waals surface area (Å²) in [6, 6.07) is 0. The molecule has 0 aromatic rings. The van der Waals surface area contributed by atoms with Gasteiger partial charge in [0.2, 0.25) is 0 Å². The summed E-state index contributed by atoms with van der Waals surface area (Å²) in [7, 11) is 1.38. The number of rotatable bonds is 4. The molecule has 0 saturated heterocycles. The number of hydrogen-bond donors (Lipinski definition) is 0. The summed E-state index contributed by atoms with van der Waals surface area (Å²) in [5, 5.41) is 0. The van der Waals surface area contributed by atoms with Crippen molar-refractivity contribution in [2.24, 2.45) is 0 Å². The molecule has 0 amide bonds. The molecule has 5 heteroatoms. The monoisotopic (exact) mass is 179 g/mol. The van der Waals surface area contributed by atoms with Crippen molar-refractivity contribution in [1.29, 1.82) is 0 Å². The largest absolute Gasteiger partial charge is 0.281 e. The Hall–Kier alpha value is -0.130. The molecule has 0 rings (SSSR count). The second kappa shape index (κ2) is 4.04. The highest BCUT2D eigenvalue weighted by atomic mass is 32.2. The minimum absolute atomic E-state index is 0.445. The quantitative estimate of drug-likeness (QED) is 0.607. The maximum absolute atomic E-state index is 11.3. The van der Waals surface area contributed by atoms with Gasteiger partial charge in [0.15, 0.2) is 0 Å². The van der Waals surface area contributed by atoms with E-state index in [0.29, 0.717) is 6.54 Å². The minimum Gasteiger partial charge on any atom is -0.195 e. The molecule has 0 atom stereocenters. The van der Waals surface area contributed by atoms with Crippen molar-refractivity contribution >= 4 is 10.2 Å².